The second kappa shape index (κ2) is 4.79. The minimum atomic E-state index is -0.262. The molecule has 1 rings (SSSR count). The normalized spacial score (nSPS) is 10.7. The number of amides is 1. The number of nitrogens with two attached hydrogens (primary N) is 1. The van der Waals surface area contributed by atoms with Gasteiger partial charge in [-0.25, -0.2) is 0 Å². The number of nitrogens with zero attached hydrogens (tertiary/aromatic N) is 1. The molecule has 0 aliphatic carbocycles. The Balaban J connectivity index is 2.48. The first-order valence-electron chi connectivity index (χ1n) is 4.72. The molecule has 6 heteroatoms. The van der Waals surface area contributed by atoms with E-state index in [-0.39, 0.29) is 18.6 Å². The smallest absolute Gasteiger partial charge is 0.251 e. The Bertz CT molecular complexity index is 346. The van der Waals surface area contributed by atoms with Gasteiger partial charge in [-0.3, -0.25) is 9.89 Å². The lowest BCUT2D eigenvalue weighted by molar-refractivity contribution is -0.121. The fourth-order valence-corrected chi connectivity index (χ4v) is 0.944. The van der Waals surface area contributed by atoms with Gasteiger partial charge in [0.1, 0.15) is 6.61 Å². The third kappa shape index (κ3) is 3.25. The van der Waals surface area contributed by atoms with Crippen LogP contribution in [0.25, 0.3) is 0 Å². The zero-order chi connectivity index (χ0) is 11.4. The van der Waals surface area contributed by atoms with E-state index in [1.54, 1.807) is 6.92 Å². The van der Waals surface area contributed by atoms with Crippen molar-refractivity contribution in [3.05, 3.63) is 5.69 Å². The summed E-state index contributed by atoms with van der Waals surface area (Å²) < 4.78 is 5.13. The van der Waals surface area contributed by atoms with Crippen molar-refractivity contribution in [2.45, 2.75) is 26.9 Å². The number of hydrogen-bond acceptors (Lipinski definition) is 4. The fraction of sp³-hybridized carbons (Fsp3) is 0.556. The highest BCUT2D eigenvalue weighted by Gasteiger charge is 2.10. The van der Waals surface area contributed by atoms with E-state index in [1.165, 1.54) is 0 Å². The van der Waals surface area contributed by atoms with Gasteiger partial charge in [0.05, 0.1) is 17.5 Å². The van der Waals surface area contributed by atoms with Crippen LogP contribution in [0.2, 0.25) is 0 Å². The number of nitrogen functional groups attached to an aromatic ring is 1. The van der Waals surface area contributed by atoms with Crippen LogP contribution >= 0.6 is 0 Å². The summed E-state index contributed by atoms with van der Waals surface area (Å²) in [7, 11) is 0. The average Bonchev–Trinajstić information content (AvgIpc) is 2.47. The highest BCUT2D eigenvalue weighted by molar-refractivity contribution is 5.93. The number of rotatable bonds is 4. The maximum absolute atomic E-state index is 11.3. The Labute approximate surface area is 88.2 Å². The maximum atomic E-state index is 11.3. The molecule has 0 saturated carbocycles. The molecule has 1 amide bonds. The Morgan fingerprint density at radius 2 is 2.33 bits per heavy atom. The monoisotopic (exact) mass is 212 g/mol. The van der Waals surface area contributed by atoms with E-state index in [1.807, 2.05) is 13.8 Å². The summed E-state index contributed by atoms with van der Waals surface area (Å²) in [6.45, 7) is 5.51. The molecule has 0 saturated heterocycles. The first kappa shape index (κ1) is 11.5. The molecule has 1 aromatic heterocycles. The topological polar surface area (TPSA) is 93.0 Å². The van der Waals surface area contributed by atoms with E-state index >= 15 is 0 Å². The van der Waals surface area contributed by atoms with Crippen molar-refractivity contribution in [3.63, 3.8) is 0 Å². The van der Waals surface area contributed by atoms with E-state index in [0.29, 0.717) is 11.5 Å². The number of aromatic amines is 1. The van der Waals surface area contributed by atoms with Crippen molar-refractivity contribution in [2.24, 2.45) is 0 Å². The maximum Gasteiger partial charge on any atom is 0.251 e. The van der Waals surface area contributed by atoms with Gasteiger partial charge in [0.2, 0.25) is 0 Å². The number of aryl methyl sites for hydroxylation is 1. The second-order valence-corrected chi connectivity index (χ2v) is 3.52. The van der Waals surface area contributed by atoms with Crippen LogP contribution in [0.3, 0.4) is 0 Å². The van der Waals surface area contributed by atoms with E-state index in [9.17, 15) is 4.79 Å². The fourth-order valence-electron chi connectivity index (χ4n) is 0.944. The van der Waals surface area contributed by atoms with Gasteiger partial charge in [-0.2, -0.15) is 5.10 Å². The van der Waals surface area contributed by atoms with E-state index in [4.69, 9.17) is 10.5 Å². The number of ether oxygens (including phenoxy) is 1. The number of carbonyl (C=O) groups excluding carboxylic acids is 1. The molecule has 0 bridgehead atoms. The SMILES string of the molecule is Cc1[nH]nc(NC(=O)COC(C)C)c1N. The van der Waals surface area contributed by atoms with Crippen molar-refractivity contribution in [1.29, 1.82) is 0 Å². The molecule has 1 heterocycles. The van der Waals surface area contributed by atoms with Gasteiger partial charge in [0.25, 0.3) is 5.91 Å². The quantitative estimate of drug-likeness (QED) is 0.683. The van der Waals surface area contributed by atoms with Crippen LogP contribution in [0.4, 0.5) is 11.5 Å². The van der Waals surface area contributed by atoms with Gasteiger partial charge in [0, 0.05) is 0 Å². The predicted molar refractivity (Wildman–Crippen MR) is 57.5 cm³/mol. The summed E-state index contributed by atoms with van der Waals surface area (Å²) in [5.41, 5.74) is 6.84. The zero-order valence-electron chi connectivity index (χ0n) is 9.13. The molecule has 4 N–H and O–H groups in total. The Morgan fingerprint density at radius 3 is 2.80 bits per heavy atom. The minimum absolute atomic E-state index is 0.00299. The number of aromatic nitrogens is 2. The lowest BCUT2D eigenvalue weighted by Crippen LogP contribution is -2.21. The molecule has 0 spiro atoms. The average molecular weight is 212 g/mol. The number of H-pyrrole nitrogens is 1. The molecule has 0 atom stereocenters. The van der Waals surface area contributed by atoms with Gasteiger partial charge in [-0.1, -0.05) is 0 Å². The van der Waals surface area contributed by atoms with Gasteiger partial charge in [0.15, 0.2) is 5.82 Å². The first-order chi connectivity index (χ1) is 7.00. The molecule has 6 nitrogen and oxygen atoms in total. The third-order valence-electron chi connectivity index (χ3n) is 1.80. The Hall–Kier alpha value is -1.56. The molecule has 0 aliphatic heterocycles. The van der Waals surface area contributed by atoms with Crippen LogP contribution in [0, 0.1) is 6.92 Å². The molecule has 15 heavy (non-hydrogen) atoms. The van der Waals surface area contributed by atoms with Crippen LogP contribution in [-0.2, 0) is 9.53 Å². The molecule has 84 valence electrons. The number of carbonyl (C=O) groups is 1. The second-order valence-electron chi connectivity index (χ2n) is 3.52. The summed E-state index contributed by atoms with van der Waals surface area (Å²) in [6.07, 6.45) is 0.0222. The predicted octanol–water partition coefficient (Wildman–Crippen LogP) is 0.664. The van der Waals surface area contributed by atoms with Crippen molar-refractivity contribution < 1.29 is 9.53 Å². The lowest BCUT2D eigenvalue weighted by atomic mass is 10.4. The molecule has 0 aliphatic rings. The number of nitrogens with one attached hydrogen (secondary N) is 2. The summed E-state index contributed by atoms with van der Waals surface area (Å²) in [5.74, 6) is 0.0896. The molecule has 0 fully saturated rings. The van der Waals surface area contributed by atoms with Crippen LogP contribution < -0.4 is 11.1 Å². The highest BCUT2D eigenvalue weighted by atomic mass is 16.5. The van der Waals surface area contributed by atoms with Gasteiger partial charge in [-0.05, 0) is 20.8 Å². The molecule has 0 radical (unpaired) electrons. The van der Waals surface area contributed by atoms with Gasteiger partial charge >= 0.3 is 0 Å². The largest absolute Gasteiger partial charge is 0.394 e. The van der Waals surface area contributed by atoms with Gasteiger partial charge in [-0.15, -0.1) is 0 Å². The lowest BCUT2D eigenvalue weighted by Gasteiger charge is -2.06. The summed E-state index contributed by atoms with van der Waals surface area (Å²) in [6, 6.07) is 0. The van der Waals surface area contributed by atoms with Crippen molar-refractivity contribution in [3.8, 4) is 0 Å². The summed E-state index contributed by atoms with van der Waals surface area (Å²) in [5, 5.41) is 9.08. The van der Waals surface area contributed by atoms with Crippen LogP contribution in [0.5, 0.6) is 0 Å². The molecule has 1 aromatic rings. The Morgan fingerprint density at radius 1 is 1.67 bits per heavy atom. The minimum Gasteiger partial charge on any atom is -0.394 e. The van der Waals surface area contributed by atoms with Crippen LogP contribution in [0.15, 0.2) is 0 Å². The van der Waals surface area contributed by atoms with Crippen LogP contribution in [0.1, 0.15) is 19.5 Å². The highest BCUT2D eigenvalue weighted by Crippen LogP contribution is 2.17. The van der Waals surface area contributed by atoms with Crippen molar-refractivity contribution in [1.82, 2.24) is 10.2 Å². The van der Waals surface area contributed by atoms with Crippen molar-refractivity contribution >= 4 is 17.4 Å². The number of hydrogen-bond donors (Lipinski definition) is 3. The standard InChI is InChI=1S/C9H16N4O2/c1-5(2)15-4-7(14)11-9-8(10)6(3)12-13-9/h5H,4,10H2,1-3H3,(H2,11,12,13,14). The summed E-state index contributed by atoms with van der Waals surface area (Å²) >= 11 is 0. The van der Waals surface area contributed by atoms with E-state index < -0.39 is 0 Å². The molecule has 0 unspecified atom stereocenters. The molecular weight excluding hydrogens is 196 g/mol. The third-order valence-corrected chi connectivity index (χ3v) is 1.80. The molecule has 0 aromatic carbocycles. The van der Waals surface area contributed by atoms with Crippen LogP contribution in [-0.4, -0.2) is 28.8 Å². The molecular formula is C9H16N4O2. The summed E-state index contributed by atoms with van der Waals surface area (Å²) in [4.78, 5) is 11.3. The number of anilines is 2. The zero-order valence-corrected chi connectivity index (χ0v) is 9.13. The van der Waals surface area contributed by atoms with E-state index in [0.717, 1.165) is 5.69 Å². The van der Waals surface area contributed by atoms with Crippen molar-refractivity contribution in [2.75, 3.05) is 17.7 Å². The Kier molecular flexibility index (Phi) is 3.68. The van der Waals surface area contributed by atoms with E-state index in [2.05, 4.69) is 15.5 Å². The first-order valence-corrected chi connectivity index (χ1v) is 4.72. The van der Waals surface area contributed by atoms with Gasteiger partial charge < -0.3 is 15.8 Å².